The van der Waals surface area contributed by atoms with Gasteiger partial charge in [0, 0.05) is 50.6 Å². The Kier molecular flexibility index (Phi) is 8.17. The Morgan fingerprint density at radius 1 is 0.765 bits per heavy atom. The number of anilines is 1. The molecule has 2 aromatic carbocycles. The van der Waals surface area contributed by atoms with E-state index >= 15 is 0 Å². The maximum atomic E-state index is 12.7. The van der Waals surface area contributed by atoms with E-state index in [1.165, 1.54) is 6.42 Å². The van der Waals surface area contributed by atoms with Gasteiger partial charge in [0.1, 0.15) is 11.5 Å². The smallest absolute Gasteiger partial charge is 0.225 e. The molecule has 7 heteroatoms. The van der Waals surface area contributed by atoms with Crippen molar-refractivity contribution >= 4 is 23.4 Å². The molecule has 0 bridgehead atoms. The van der Waals surface area contributed by atoms with E-state index in [2.05, 4.69) is 5.32 Å². The summed E-state index contributed by atoms with van der Waals surface area (Å²) in [6.45, 7) is 2.92. The third-order valence-electron chi connectivity index (χ3n) is 6.55. The molecule has 7 nitrogen and oxygen atoms in total. The minimum atomic E-state index is -0.194. The fraction of sp³-hybridized carbons (Fsp3) is 0.444. The minimum absolute atomic E-state index is 0.0226. The number of amides is 3. The van der Waals surface area contributed by atoms with Crippen molar-refractivity contribution < 1.29 is 19.1 Å². The molecule has 0 aliphatic carbocycles. The molecule has 0 saturated carbocycles. The van der Waals surface area contributed by atoms with Crippen molar-refractivity contribution in [2.75, 3.05) is 31.5 Å². The number of hydrogen-bond donors (Lipinski definition) is 1. The zero-order valence-corrected chi connectivity index (χ0v) is 19.6. The van der Waals surface area contributed by atoms with Crippen molar-refractivity contribution in [3.63, 3.8) is 0 Å². The highest BCUT2D eigenvalue weighted by atomic mass is 16.5. The summed E-state index contributed by atoms with van der Waals surface area (Å²) in [5.41, 5.74) is 0.662. The van der Waals surface area contributed by atoms with E-state index in [0.29, 0.717) is 37.4 Å². The van der Waals surface area contributed by atoms with Gasteiger partial charge in [-0.3, -0.25) is 14.4 Å². The first-order valence-corrected chi connectivity index (χ1v) is 12.3. The number of rotatable bonds is 7. The molecule has 1 N–H and O–H groups in total. The van der Waals surface area contributed by atoms with Crippen LogP contribution in [-0.4, -0.2) is 53.7 Å². The van der Waals surface area contributed by atoms with E-state index in [4.69, 9.17) is 4.74 Å². The van der Waals surface area contributed by atoms with Crippen molar-refractivity contribution in [3.05, 3.63) is 54.6 Å². The second-order valence-electron chi connectivity index (χ2n) is 9.03. The van der Waals surface area contributed by atoms with Gasteiger partial charge in [0.2, 0.25) is 17.7 Å². The summed E-state index contributed by atoms with van der Waals surface area (Å²) in [5, 5.41) is 2.83. The number of para-hydroxylation sites is 1. The van der Waals surface area contributed by atoms with Gasteiger partial charge < -0.3 is 19.9 Å². The molecule has 2 heterocycles. The van der Waals surface area contributed by atoms with E-state index < -0.39 is 0 Å². The fourth-order valence-corrected chi connectivity index (χ4v) is 4.58. The molecule has 2 aromatic rings. The molecular formula is C27H33N3O4. The van der Waals surface area contributed by atoms with Crippen LogP contribution >= 0.6 is 0 Å². The van der Waals surface area contributed by atoms with Crippen LogP contribution in [0.4, 0.5) is 5.69 Å². The van der Waals surface area contributed by atoms with Crippen molar-refractivity contribution in [2.24, 2.45) is 5.92 Å². The van der Waals surface area contributed by atoms with E-state index in [1.807, 2.05) is 35.2 Å². The van der Waals surface area contributed by atoms with E-state index in [0.717, 1.165) is 31.7 Å². The quantitative estimate of drug-likeness (QED) is 0.658. The molecule has 2 saturated heterocycles. The van der Waals surface area contributed by atoms with Crippen molar-refractivity contribution in [2.45, 2.75) is 44.9 Å². The van der Waals surface area contributed by atoms with Gasteiger partial charge in [-0.1, -0.05) is 18.2 Å². The molecule has 2 fully saturated rings. The van der Waals surface area contributed by atoms with E-state index in [9.17, 15) is 14.4 Å². The van der Waals surface area contributed by atoms with Crippen LogP contribution in [0.1, 0.15) is 44.9 Å². The van der Waals surface area contributed by atoms with Crippen molar-refractivity contribution in [1.29, 1.82) is 0 Å². The second kappa shape index (κ2) is 11.7. The number of piperidine rings is 2. The maximum Gasteiger partial charge on any atom is 0.225 e. The first-order valence-electron chi connectivity index (χ1n) is 12.3. The number of ether oxygens (including phenoxy) is 1. The zero-order chi connectivity index (χ0) is 23.8. The van der Waals surface area contributed by atoms with Gasteiger partial charge in [-0.15, -0.1) is 0 Å². The standard InChI is InChI=1S/C27H33N3O4/c31-25(28-22-9-11-24(12-10-22)34-23-7-3-1-4-8-23)13-14-26(32)29-19-15-21(16-20-29)27(33)30-17-5-2-6-18-30/h1,3-4,7-12,21H,2,5-6,13-20H2,(H,28,31). The summed E-state index contributed by atoms with van der Waals surface area (Å²) in [5.74, 6) is 1.50. The highest BCUT2D eigenvalue weighted by Crippen LogP contribution is 2.24. The van der Waals surface area contributed by atoms with Gasteiger partial charge in [-0.05, 0) is 68.5 Å². The summed E-state index contributed by atoms with van der Waals surface area (Å²) in [6, 6.07) is 16.6. The number of carbonyl (C=O) groups is 3. The van der Waals surface area contributed by atoms with Crippen LogP contribution in [0.5, 0.6) is 11.5 Å². The largest absolute Gasteiger partial charge is 0.457 e. The fourth-order valence-electron chi connectivity index (χ4n) is 4.58. The average molecular weight is 464 g/mol. The molecule has 180 valence electrons. The molecule has 3 amide bonds. The second-order valence-corrected chi connectivity index (χ2v) is 9.03. The van der Waals surface area contributed by atoms with Crippen LogP contribution in [0.3, 0.4) is 0 Å². The average Bonchev–Trinajstić information content (AvgIpc) is 2.89. The first-order chi connectivity index (χ1) is 16.6. The molecule has 34 heavy (non-hydrogen) atoms. The Morgan fingerprint density at radius 3 is 2.09 bits per heavy atom. The molecule has 0 radical (unpaired) electrons. The van der Waals surface area contributed by atoms with Gasteiger partial charge in [0.05, 0.1) is 0 Å². The molecule has 4 rings (SSSR count). The minimum Gasteiger partial charge on any atom is -0.457 e. The third-order valence-corrected chi connectivity index (χ3v) is 6.55. The monoisotopic (exact) mass is 463 g/mol. The predicted molar refractivity (Wildman–Crippen MR) is 131 cm³/mol. The van der Waals surface area contributed by atoms with Crippen LogP contribution in [0.15, 0.2) is 54.6 Å². The lowest BCUT2D eigenvalue weighted by molar-refractivity contribution is -0.141. The molecule has 0 spiro atoms. The lowest BCUT2D eigenvalue weighted by Crippen LogP contribution is -2.45. The highest BCUT2D eigenvalue weighted by Gasteiger charge is 2.30. The van der Waals surface area contributed by atoms with E-state index in [1.54, 1.807) is 29.2 Å². The van der Waals surface area contributed by atoms with Crippen LogP contribution in [0.25, 0.3) is 0 Å². The van der Waals surface area contributed by atoms with Crippen LogP contribution < -0.4 is 10.1 Å². The van der Waals surface area contributed by atoms with Crippen LogP contribution in [0.2, 0.25) is 0 Å². The van der Waals surface area contributed by atoms with Gasteiger partial charge in [0.15, 0.2) is 0 Å². The SMILES string of the molecule is O=C(CCC(=O)N1CCC(C(=O)N2CCCCC2)CC1)Nc1ccc(Oc2ccccc2)cc1. The Morgan fingerprint density at radius 2 is 1.41 bits per heavy atom. The number of likely N-dealkylation sites (tertiary alicyclic amines) is 2. The van der Waals surface area contributed by atoms with Gasteiger partial charge in [-0.25, -0.2) is 0 Å². The number of benzene rings is 2. The molecule has 2 aliphatic heterocycles. The van der Waals surface area contributed by atoms with Crippen LogP contribution in [0, 0.1) is 5.92 Å². The lowest BCUT2D eigenvalue weighted by atomic mass is 9.94. The lowest BCUT2D eigenvalue weighted by Gasteiger charge is -2.35. The number of nitrogens with zero attached hydrogens (tertiary/aromatic N) is 2. The summed E-state index contributed by atoms with van der Waals surface area (Å²) >= 11 is 0. The number of carbonyl (C=O) groups excluding carboxylic acids is 3. The first kappa shape index (κ1) is 23.8. The molecule has 0 atom stereocenters. The highest BCUT2D eigenvalue weighted by molar-refractivity contribution is 5.93. The normalized spacial score (nSPS) is 16.7. The molecule has 0 unspecified atom stereocenters. The summed E-state index contributed by atoms with van der Waals surface area (Å²) in [7, 11) is 0. The van der Waals surface area contributed by atoms with E-state index in [-0.39, 0.29) is 36.5 Å². The van der Waals surface area contributed by atoms with Crippen molar-refractivity contribution in [3.8, 4) is 11.5 Å². The topological polar surface area (TPSA) is 79.0 Å². The van der Waals surface area contributed by atoms with Gasteiger partial charge >= 0.3 is 0 Å². The molecular weight excluding hydrogens is 430 g/mol. The maximum absolute atomic E-state index is 12.7. The summed E-state index contributed by atoms with van der Waals surface area (Å²) < 4.78 is 5.75. The predicted octanol–water partition coefficient (Wildman–Crippen LogP) is 4.45. The van der Waals surface area contributed by atoms with Crippen molar-refractivity contribution in [1.82, 2.24) is 9.80 Å². The zero-order valence-electron chi connectivity index (χ0n) is 19.6. The third kappa shape index (κ3) is 6.59. The Hall–Kier alpha value is -3.35. The molecule has 2 aliphatic rings. The molecule has 0 aromatic heterocycles. The summed E-state index contributed by atoms with van der Waals surface area (Å²) in [4.78, 5) is 41.4. The Bertz CT molecular complexity index is 963. The van der Waals surface area contributed by atoms with Crippen LogP contribution in [-0.2, 0) is 14.4 Å². The summed E-state index contributed by atoms with van der Waals surface area (Å²) in [6.07, 6.45) is 5.13. The Balaban J connectivity index is 1.16. The van der Waals surface area contributed by atoms with Gasteiger partial charge in [0.25, 0.3) is 0 Å². The number of hydrogen-bond acceptors (Lipinski definition) is 4. The van der Waals surface area contributed by atoms with Gasteiger partial charge in [-0.2, -0.15) is 0 Å². The Labute approximate surface area is 201 Å². The number of nitrogens with one attached hydrogen (secondary N) is 1.